The van der Waals surface area contributed by atoms with E-state index in [0.29, 0.717) is 0 Å². The molecule has 0 saturated carbocycles. The Kier molecular flexibility index (Phi) is 4.38. The van der Waals surface area contributed by atoms with Gasteiger partial charge in [-0.3, -0.25) is 0 Å². The Morgan fingerprint density at radius 3 is 2.47 bits per heavy atom. The molecule has 1 aromatic rings. The fourth-order valence-corrected chi connectivity index (χ4v) is 1.88. The zero-order chi connectivity index (χ0) is 13.1. The molecule has 0 aliphatic heterocycles. The van der Waals surface area contributed by atoms with Gasteiger partial charge in [-0.05, 0) is 12.1 Å². The van der Waals surface area contributed by atoms with Gasteiger partial charge in [0.05, 0.1) is 5.69 Å². The summed E-state index contributed by atoms with van der Waals surface area (Å²) in [4.78, 5) is -0.207. The highest BCUT2D eigenvalue weighted by atomic mass is 32.2. The molecule has 1 aromatic carbocycles. The lowest BCUT2D eigenvalue weighted by Crippen LogP contribution is -2.27. The van der Waals surface area contributed by atoms with Crippen LogP contribution in [0.3, 0.4) is 0 Å². The van der Waals surface area contributed by atoms with Crippen molar-refractivity contribution in [3.05, 3.63) is 24.3 Å². The third-order valence-electron chi connectivity index (χ3n) is 1.99. The number of halogens is 2. The maximum absolute atomic E-state index is 12.0. The van der Waals surface area contributed by atoms with E-state index >= 15 is 0 Å². The average molecular weight is 266 g/mol. The average Bonchev–Trinajstić information content (AvgIpc) is 2.24. The number of nitrogens with one attached hydrogen (secondary N) is 1. The Bertz CT molecular complexity index is 479. The Balaban J connectivity index is 2.85. The molecular formula is C9H12F2N2O3S. The summed E-state index contributed by atoms with van der Waals surface area (Å²) in [5.41, 5.74) is 0.0784. The normalized spacial score (nSPS) is 13.7. The smallest absolute Gasteiger partial charge is 0.265 e. The van der Waals surface area contributed by atoms with Crippen molar-refractivity contribution >= 4 is 15.7 Å². The standard InChI is InChI=1S/C9H12F2N2O3S/c10-9(11)7(14)5-13-6-3-1-2-4-8(6)17(12,15)16/h1-4,7,9,13-14H,5H2,(H2,12,15,16). The maximum Gasteiger partial charge on any atom is 0.265 e. The number of anilines is 1. The van der Waals surface area contributed by atoms with Crippen molar-refractivity contribution in [1.82, 2.24) is 0 Å². The second-order valence-electron chi connectivity index (χ2n) is 3.32. The van der Waals surface area contributed by atoms with Gasteiger partial charge in [0.25, 0.3) is 6.43 Å². The lowest BCUT2D eigenvalue weighted by molar-refractivity contribution is 0.00382. The molecule has 1 rings (SSSR count). The number of para-hydroxylation sites is 1. The van der Waals surface area contributed by atoms with Gasteiger partial charge < -0.3 is 10.4 Å². The molecule has 1 unspecified atom stereocenters. The van der Waals surface area contributed by atoms with E-state index in [2.05, 4.69) is 5.32 Å². The largest absolute Gasteiger partial charge is 0.385 e. The Labute approximate surface area is 97.3 Å². The maximum atomic E-state index is 12.0. The minimum Gasteiger partial charge on any atom is -0.385 e. The van der Waals surface area contributed by atoms with E-state index in [1.165, 1.54) is 24.3 Å². The van der Waals surface area contributed by atoms with Crippen LogP contribution < -0.4 is 10.5 Å². The predicted octanol–water partition coefficient (Wildman–Crippen LogP) is 0.372. The minimum absolute atomic E-state index is 0.0784. The van der Waals surface area contributed by atoms with Crippen molar-refractivity contribution in [2.24, 2.45) is 5.14 Å². The first-order valence-corrected chi connectivity index (χ1v) is 6.19. The molecule has 0 radical (unpaired) electrons. The minimum atomic E-state index is -3.93. The number of aliphatic hydroxyl groups is 1. The van der Waals surface area contributed by atoms with E-state index in [4.69, 9.17) is 10.2 Å². The second kappa shape index (κ2) is 5.39. The van der Waals surface area contributed by atoms with Crippen molar-refractivity contribution in [1.29, 1.82) is 0 Å². The Morgan fingerprint density at radius 1 is 1.35 bits per heavy atom. The van der Waals surface area contributed by atoms with Gasteiger partial charge >= 0.3 is 0 Å². The van der Waals surface area contributed by atoms with Crippen LogP contribution >= 0.6 is 0 Å². The summed E-state index contributed by atoms with van der Waals surface area (Å²) in [5.74, 6) is 0. The third-order valence-corrected chi connectivity index (χ3v) is 2.96. The molecule has 0 bridgehead atoms. The molecule has 96 valence electrons. The SMILES string of the molecule is NS(=O)(=O)c1ccccc1NCC(O)C(F)F. The summed E-state index contributed by atoms with van der Waals surface area (Å²) in [6.45, 7) is -0.468. The van der Waals surface area contributed by atoms with Crippen LogP contribution in [0, 0.1) is 0 Å². The van der Waals surface area contributed by atoms with Gasteiger partial charge in [0.1, 0.15) is 11.0 Å². The number of primary sulfonamides is 1. The predicted molar refractivity (Wildman–Crippen MR) is 58.3 cm³/mol. The molecule has 0 aliphatic carbocycles. The molecule has 17 heavy (non-hydrogen) atoms. The van der Waals surface area contributed by atoms with Gasteiger partial charge in [0.2, 0.25) is 10.0 Å². The van der Waals surface area contributed by atoms with Crippen molar-refractivity contribution < 1.29 is 22.3 Å². The van der Waals surface area contributed by atoms with Gasteiger partial charge in [0.15, 0.2) is 0 Å². The topological polar surface area (TPSA) is 92.4 Å². The number of benzene rings is 1. The first-order chi connectivity index (χ1) is 7.82. The molecule has 0 heterocycles. The molecular weight excluding hydrogens is 254 g/mol. The monoisotopic (exact) mass is 266 g/mol. The summed E-state index contributed by atoms with van der Waals surface area (Å²) >= 11 is 0. The van der Waals surface area contributed by atoms with Crippen LogP contribution in [-0.4, -0.2) is 32.6 Å². The lowest BCUT2D eigenvalue weighted by atomic mass is 10.3. The lowest BCUT2D eigenvalue weighted by Gasteiger charge is -2.13. The Hall–Kier alpha value is -1.25. The number of sulfonamides is 1. The molecule has 5 nitrogen and oxygen atoms in total. The fourth-order valence-electron chi connectivity index (χ4n) is 1.16. The second-order valence-corrected chi connectivity index (χ2v) is 4.85. The zero-order valence-electron chi connectivity index (χ0n) is 8.68. The summed E-state index contributed by atoms with van der Waals surface area (Å²) < 4.78 is 46.4. The van der Waals surface area contributed by atoms with Crippen LogP contribution in [0.15, 0.2) is 29.2 Å². The van der Waals surface area contributed by atoms with Gasteiger partial charge in [-0.1, -0.05) is 12.1 Å². The molecule has 0 aromatic heterocycles. The van der Waals surface area contributed by atoms with Crippen LogP contribution in [0.25, 0.3) is 0 Å². The molecule has 0 fully saturated rings. The van der Waals surface area contributed by atoms with Gasteiger partial charge in [-0.2, -0.15) is 0 Å². The number of alkyl halides is 2. The third kappa shape index (κ3) is 3.91. The summed E-state index contributed by atoms with van der Waals surface area (Å²) in [6, 6.07) is 5.59. The van der Waals surface area contributed by atoms with Crippen molar-refractivity contribution in [3.63, 3.8) is 0 Å². The number of aliphatic hydroxyl groups excluding tert-OH is 1. The fraction of sp³-hybridized carbons (Fsp3) is 0.333. The number of hydrogen-bond acceptors (Lipinski definition) is 4. The molecule has 0 amide bonds. The summed E-state index contributed by atoms with van der Waals surface area (Å²) in [6.07, 6.45) is -4.77. The molecule has 0 aliphatic rings. The quantitative estimate of drug-likeness (QED) is 0.718. The highest BCUT2D eigenvalue weighted by Gasteiger charge is 2.18. The van der Waals surface area contributed by atoms with Crippen molar-refractivity contribution in [3.8, 4) is 0 Å². The molecule has 0 spiro atoms. The van der Waals surface area contributed by atoms with Crippen LogP contribution in [-0.2, 0) is 10.0 Å². The molecule has 4 N–H and O–H groups in total. The molecule has 1 atom stereocenters. The molecule has 0 saturated heterocycles. The van der Waals surface area contributed by atoms with Crippen LogP contribution in [0.1, 0.15) is 0 Å². The number of hydrogen-bond donors (Lipinski definition) is 3. The van der Waals surface area contributed by atoms with E-state index in [1.54, 1.807) is 0 Å². The van der Waals surface area contributed by atoms with E-state index in [0.717, 1.165) is 0 Å². The van der Waals surface area contributed by atoms with E-state index in [1.807, 2.05) is 0 Å². The van der Waals surface area contributed by atoms with Gasteiger partial charge in [-0.15, -0.1) is 0 Å². The van der Waals surface area contributed by atoms with Crippen molar-refractivity contribution in [2.45, 2.75) is 17.4 Å². The highest BCUT2D eigenvalue weighted by molar-refractivity contribution is 7.89. The Morgan fingerprint density at radius 2 is 1.94 bits per heavy atom. The zero-order valence-corrected chi connectivity index (χ0v) is 9.49. The molecule has 8 heteroatoms. The van der Waals surface area contributed by atoms with Crippen LogP contribution in [0.2, 0.25) is 0 Å². The van der Waals surface area contributed by atoms with Crippen LogP contribution in [0.4, 0.5) is 14.5 Å². The highest BCUT2D eigenvalue weighted by Crippen LogP contribution is 2.19. The number of nitrogens with two attached hydrogens (primary N) is 1. The van der Waals surface area contributed by atoms with E-state index in [-0.39, 0.29) is 10.6 Å². The van der Waals surface area contributed by atoms with E-state index in [9.17, 15) is 17.2 Å². The first kappa shape index (κ1) is 13.8. The van der Waals surface area contributed by atoms with Crippen molar-refractivity contribution in [2.75, 3.05) is 11.9 Å². The van der Waals surface area contributed by atoms with Gasteiger partial charge in [0, 0.05) is 6.54 Å². The van der Waals surface area contributed by atoms with Crippen LogP contribution in [0.5, 0.6) is 0 Å². The number of rotatable bonds is 5. The summed E-state index contributed by atoms with van der Waals surface area (Å²) in [7, 11) is -3.93. The van der Waals surface area contributed by atoms with Gasteiger partial charge in [-0.25, -0.2) is 22.3 Å². The first-order valence-electron chi connectivity index (χ1n) is 4.64. The van der Waals surface area contributed by atoms with E-state index < -0.39 is 29.1 Å². The summed E-state index contributed by atoms with van der Waals surface area (Å²) in [5, 5.41) is 16.2.